The second-order valence-electron chi connectivity index (χ2n) is 13.6. The number of benzene rings is 8. The molecule has 4 nitrogen and oxygen atoms in total. The number of fused-ring (bicyclic) bond motifs is 3. The summed E-state index contributed by atoms with van der Waals surface area (Å²) in [6, 6.07) is 69.3. The number of furan rings is 1. The molecule has 2 aromatic heterocycles. The Balaban J connectivity index is 1.17. The number of hydrogen-bond acceptors (Lipinski definition) is 4. The van der Waals surface area contributed by atoms with E-state index < -0.39 is 0 Å². The summed E-state index contributed by atoms with van der Waals surface area (Å²) in [7, 11) is 0. The van der Waals surface area contributed by atoms with Crippen LogP contribution in [0.4, 0.5) is 0 Å². The Bertz CT molecular complexity index is 2910. The zero-order valence-electron chi connectivity index (χ0n) is 29.8. The second-order valence-corrected chi connectivity index (χ2v) is 13.6. The lowest BCUT2D eigenvalue weighted by atomic mass is 9.95. The van der Waals surface area contributed by atoms with Crippen LogP contribution < -0.4 is 0 Å². The first kappa shape index (κ1) is 32.2. The molecule has 0 bridgehead atoms. The standard InChI is InChI=1S/C51H33N3O/c1-4-15-34(16-5-1)37-21-12-23-39(29-37)49-52-50(40-24-13-22-38(30-40)44-26-14-27-46-45-25-10-11-28-47(45)55-48(44)46)54-51(53-49)43-32-41(35-17-6-2-7-18-35)31-42(33-43)36-19-8-3-9-20-36/h1-33H. The Kier molecular flexibility index (Phi) is 8.12. The fraction of sp³-hybridized carbons (Fsp3) is 0. The Morgan fingerprint density at radius 3 is 1.29 bits per heavy atom. The first-order valence-corrected chi connectivity index (χ1v) is 18.4. The zero-order valence-corrected chi connectivity index (χ0v) is 29.8. The van der Waals surface area contributed by atoms with E-state index in [1.165, 1.54) is 0 Å². The first-order chi connectivity index (χ1) is 27.2. The van der Waals surface area contributed by atoms with Crippen LogP contribution in [0.3, 0.4) is 0 Å². The zero-order chi connectivity index (χ0) is 36.6. The molecular weight excluding hydrogens is 671 g/mol. The van der Waals surface area contributed by atoms with Crippen molar-refractivity contribution in [3.8, 4) is 78.7 Å². The highest BCUT2D eigenvalue weighted by molar-refractivity contribution is 6.09. The highest BCUT2D eigenvalue weighted by Gasteiger charge is 2.17. The molecule has 258 valence electrons. The third-order valence-electron chi connectivity index (χ3n) is 10.1. The van der Waals surface area contributed by atoms with Crippen LogP contribution >= 0.6 is 0 Å². The Morgan fingerprint density at radius 1 is 0.273 bits per heavy atom. The molecule has 0 N–H and O–H groups in total. The van der Waals surface area contributed by atoms with Gasteiger partial charge in [-0.05, 0) is 75.3 Å². The Morgan fingerprint density at radius 2 is 0.673 bits per heavy atom. The van der Waals surface area contributed by atoms with Gasteiger partial charge in [0, 0.05) is 33.0 Å². The fourth-order valence-electron chi connectivity index (χ4n) is 7.38. The van der Waals surface area contributed by atoms with Crippen molar-refractivity contribution in [1.29, 1.82) is 0 Å². The second kappa shape index (κ2) is 13.8. The van der Waals surface area contributed by atoms with Crippen LogP contribution in [0.25, 0.3) is 101 Å². The van der Waals surface area contributed by atoms with Gasteiger partial charge in [-0.25, -0.2) is 15.0 Å². The maximum absolute atomic E-state index is 6.44. The van der Waals surface area contributed by atoms with E-state index in [9.17, 15) is 0 Å². The molecule has 10 aromatic rings. The van der Waals surface area contributed by atoms with Crippen molar-refractivity contribution in [3.05, 3.63) is 200 Å². The minimum Gasteiger partial charge on any atom is -0.455 e. The predicted octanol–water partition coefficient (Wildman–Crippen LogP) is 13.4. The molecular formula is C51H33N3O. The van der Waals surface area contributed by atoms with Crippen molar-refractivity contribution >= 4 is 21.9 Å². The lowest BCUT2D eigenvalue weighted by molar-refractivity contribution is 0.670. The van der Waals surface area contributed by atoms with Gasteiger partial charge in [0.2, 0.25) is 0 Å². The van der Waals surface area contributed by atoms with Gasteiger partial charge in [-0.3, -0.25) is 0 Å². The van der Waals surface area contributed by atoms with Crippen LogP contribution in [0.5, 0.6) is 0 Å². The molecule has 0 fully saturated rings. The van der Waals surface area contributed by atoms with Gasteiger partial charge in [-0.2, -0.15) is 0 Å². The Labute approximate surface area is 319 Å². The number of aromatic nitrogens is 3. The molecule has 0 unspecified atom stereocenters. The van der Waals surface area contributed by atoms with Crippen molar-refractivity contribution in [1.82, 2.24) is 15.0 Å². The molecule has 0 aliphatic carbocycles. The van der Waals surface area contributed by atoms with Crippen LogP contribution in [0.2, 0.25) is 0 Å². The van der Waals surface area contributed by atoms with Crippen molar-refractivity contribution in [2.45, 2.75) is 0 Å². The van der Waals surface area contributed by atoms with Crippen LogP contribution in [-0.2, 0) is 0 Å². The van der Waals surface area contributed by atoms with Crippen molar-refractivity contribution < 1.29 is 4.42 Å². The average Bonchev–Trinajstić information content (AvgIpc) is 3.66. The third-order valence-corrected chi connectivity index (χ3v) is 10.1. The van der Waals surface area contributed by atoms with E-state index in [1.54, 1.807) is 0 Å². The maximum atomic E-state index is 6.44. The molecule has 0 atom stereocenters. The van der Waals surface area contributed by atoms with E-state index >= 15 is 0 Å². The van der Waals surface area contributed by atoms with Gasteiger partial charge >= 0.3 is 0 Å². The molecule has 10 rings (SSSR count). The normalized spacial score (nSPS) is 11.3. The molecule has 0 spiro atoms. The molecule has 0 saturated carbocycles. The number of para-hydroxylation sites is 2. The van der Waals surface area contributed by atoms with Gasteiger partial charge in [0.25, 0.3) is 0 Å². The molecule has 0 radical (unpaired) electrons. The summed E-state index contributed by atoms with van der Waals surface area (Å²) in [6.45, 7) is 0. The minimum absolute atomic E-state index is 0.593. The van der Waals surface area contributed by atoms with E-state index in [0.717, 1.165) is 83.1 Å². The van der Waals surface area contributed by atoms with Gasteiger partial charge < -0.3 is 4.42 Å². The largest absolute Gasteiger partial charge is 0.455 e. The fourth-order valence-corrected chi connectivity index (χ4v) is 7.38. The summed E-state index contributed by atoms with van der Waals surface area (Å²) in [4.78, 5) is 15.6. The van der Waals surface area contributed by atoms with Gasteiger partial charge in [-0.1, -0.05) is 164 Å². The van der Waals surface area contributed by atoms with Crippen molar-refractivity contribution in [2.24, 2.45) is 0 Å². The quantitative estimate of drug-likeness (QED) is 0.166. The summed E-state index contributed by atoms with van der Waals surface area (Å²) in [5.74, 6) is 1.80. The van der Waals surface area contributed by atoms with E-state index in [-0.39, 0.29) is 0 Å². The number of hydrogen-bond donors (Lipinski definition) is 0. The molecule has 0 amide bonds. The SMILES string of the molecule is c1ccc(-c2cccc(-c3nc(-c4cc(-c5ccccc5)cc(-c5ccccc5)c4)nc(-c4cccc(-c5cccc6c5oc5ccccc56)c4)n3)c2)cc1. The number of rotatable bonds is 7. The Hall–Kier alpha value is -7.43. The first-order valence-electron chi connectivity index (χ1n) is 18.4. The molecule has 2 heterocycles. The highest BCUT2D eigenvalue weighted by Crippen LogP contribution is 2.38. The summed E-state index contributed by atoms with van der Waals surface area (Å²) in [5.41, 5.74) is 13.1. The van der Waals surface area contributed by atoms with Gasteiger partial charge in [-0.15, -0.1) is 0 Å². The van der Waals surface area contributed by atoms with E-state index in [1.807, 2.05) is 30.3 Å². The van der Waals surface area contributed by atoms with Crippen LogP contribution in [-0.4, -0.2) is 15.0 Å². The lowest BCUT2D eigenvalue weighted by Gasteiger charge is -2.13. The highest BCUT2D eigenvalue weighted by atomic mass is 16.3. The smallest absolute Gasteiger partial charge is 0.164 e. The monoisotopic (exact) mass is 703 g/mol. The van der Waals surface area contributed by atoms with Crippen LogP contribution in [0.15, 0.2) is 205 Å². The van der Waals surface area contributed by atoms with Crippen LogP contribution in [0.1, 0.15) is 0 Å². The summed E-state index contributed by atoms with van der Waals surface area (Å²) in [5, 5.41) is 2.20. The van der Waals surface area contributed by atoms with Gasteiger partial charge in [0.05, 0.1) is 0 Å². The third kappa shape index (κ3) is 6.26. The molecule has 0 aliphatic rings. The molecule has 0 saturated heterocycles. The summed E-state index contributed by atoms with van der Waals surface area (Å²) in [6.07, 6.45) is 0. The lowest BCUT2D eigenvalue weighted by Crippen LogP contribution is -2.01. The van der Waals surface area contributed by atoms with Crippen molar-refractivity contribution in [2.75, 3.05) is 0 Å². The molecule has 55 heavy (non-hydrogen) atoms. The average molecular weight is 704 g/mol. The van der Waals surface area contributed by atoms with E-state index in [2.05, 4.69) is 170 Å². The van der Waals surface area contributed by atoms with E-state index in [0.29, 0.717) is 17.5 Å². The number of nitrogens with zero attached hydrogens (tertiary/aromatic N) is 3. The molecule has 0 aliphatic heterocycles. The summed E-state index contributed by atoms with van der Waals surface area (Å²) < 4.78 is 6.44. The van der Waals surface area contributed by atoms with Gasteiger partial charge in [0.15, 0.2) is 17.5 Å². The van der Waals surface area contributed by atoms with Gasteiger partial charge in [0.1, 0.15) is 11.2 Å². The molecule has 4 heteroatoms. The maximum Gasteiger partial charge on any atom is 0.164 e. The van der Waals surface area contributed by atoms with Crippen molar-refractivity contribution in [3.63, 3.8) is 0 Å². The summed E-state index contributed by atoms with van der Waals surface area (Å²) >= 11 is 0. The topological polar surface area (TPSA) is 51.8 Å². The van der Waals surface area contributed by atoms with E-state index in [4.69, 9.17) is 19.4 Å². The molecule has 8 aromatic carbocycles. The van der Waals surface area contributed by atoms with Crippen LogP contribution in [0, 0.1) is 0 Å². The predicted molar refractivity (Wildman–Crippen MR) is 225 cm³/mol. The minimum atomic E-state index is 0.593.